The van der Waals surface area contributed by atoms with E-state index in [0.29, 0.717) is 6.54 Å². The number of hydrogen-bond acceptors (Lipinski definition) is 6. The zero-order valence-corrected chi connectivity index (χ0v) is 17.2. The molecule has 3 heterocycles. The monoisotopic (exact) mass is 409 g/mol. The Morgan fingerprint density at radius 3 is 2.54 bits per heavy atom. The summed E-state index contributed by atoms with van der Waals surface area (Å²) in [5.41, 5.74) is -0.653. The predicted octanol–water partition coefficient (Wildman–Crippen LogP) is 2.52. The first-order valence-corrected chi connectivity index (χ1v) is 10.8. The van der Waals surface area contributed by atoms with Crippen LogP contribution in [0.3, 0.4) is 0 Å². The van der Waals surface area contributed by atoms with Crippen LogP contribution in [0.25, 0.3) is 0 Å². The molecule has 0 bridgehead atoms. The van der Waals surface area contributed by atoms with Gasteiger partial charge in [-0.05, 0) is 71.0 Å². The Kier molecular flexibility index (Phi) is 5.97. The van der Waals surface area contributed by atoms with Crippen molar-refractivity contribution in [3.63, 3.8) is 0 Å². The van der Waals surface area contributed by atoms with Gasteiger partial charge in [0, 0.05) is 12.1 Å². The van der Waals surface area contributed by atoms with E-state index < -0.39 is 21.5 Å². The first-order chi connectivity index (χ1) is 13.2. The molecule has 8 nitrogen and oxygen atoms in total. The Bertz CT molecular complexity index is 890. The lowest BCUT2D eigenvalue weighted by Crippen LogP contribution is -2.40. The molecule has 1 fully saturated rings. The van der Waals surface area contributed by atoms with E-state index >= 15 is 0 Å². The summed E-state index contributed by atoms with van der Waals surface area (Å²) < 4.78 is 38.0. The van der Waals surface area contributed by atoms with E-state index in [1.807, 2.05) is 12.1 Å². The summed E-state index contributed by atoms with van der Waals surface area (Å²) >= 11 is 0. The molecule has 0 aromatic carbocycles. The fourth-order valence-electron chi connectivity index (χ4n) is 3.26. The summed E-state index contributed by atoms with van der Waals surface area (Å²) in [5.74, 6) is 0.279. The molecule has 1 aliphatic rings. The average molecular weight is 410 g/mol. The van der Waals surface area contributed by atoms with E-state index in [0.717, 1.165) is 31.7 Å². The fraction of sp³-hybridized carbons (Fsp3) is 0.526. The van der Waals surface area contributed by atoms with Crippen molar-refractivity contribution in [2.75, 3.05) is 19.6 Å². The smallest absolute Gasteiger partial charge is 0.287 e. The molecule has 1 aliphatic heterocycles. The van der Waals surface area contributed by atoms with Crippen LogP contribution in [-0.2, 0) is 10.0 Å². The number of hydrogen-bond donors (Lipinski definition) is 2. The zero-order valence-electron chi connectivity index (χ0n) is 16.4. The lowest BCUT2D eigenvalue weighted by atomic mass is 10.1. The van der Waals surface area contributed by atoms with Gasteiger partial charge in [-0.1, -0.05) is 0 Å². The van der Waals surface area contributed by atoms with Gasteiger partial charge in [-0.25, -0.2) is 13.1 Å². The molecule has 1 atom stereocenters. The van der Waals surface area contributed by atoms with Crippen molar-refractivity contribution in [1.29, 1.82) is 0 Å². The second-order valence-corrected chi connectivity index (χ2v) is 9.57. The number of carbonyl (C=O) groups excluding carboxylic acids is 1. The van der Waals surface area contributed by atoms with Gasteiger partial charge < -0.3 is 14.2 Å². The largest absolute Gasteiger partial charge is 0.468 e. The maximum atomic E-state index is 12.5. The van der Waals surface area contributed by atoms with Crippen LogP contribution in [0.15, 0.2) is 44.5 Å². The van der Waals surface area contributed by atoms with Crippen LogP contribution in [0, 0.1) is 0 Å². The van der Waals surface area contributed by atoms with Crippen LogP contribution >= 0.6 is 0 Å². The first-order valence-electron chi connectivity index (χ1n) is 9.35. The third-order valence-electron chi connectivity index (χ3n) is 4.42. The van der Waals surface area contributed by atoms with Crippen LogP contribution in [0.2, 0.25) is 0 Å². The second kappa shape index (κ2) is 8.10. The van der Waals surface area contributed by atoms with E-state index in [4.69, 9.17) is 8.83 Å². The van der Waals surface area contributed by atoms with Crippen LogP contribution < -0.4 is 10.0 Å². The summed E-state index contributed by atoms with van der Waals surface area (Å²) in [7, 11) is -3.83. The Labute approximate surface area is 165 Å². The molecule has 2 aromatic heterocycles. The Balaban J connectivity index is 1.67. The van der Waals surface area contributed by atoms with Gasteiger partial charge in [0.2, 0.25) is 5.09 Å². The topological polar surface area (TPSA) is 105 Å². The lowest BCUT2D eigenvalue weighted by molar-refractivity contribution is 0.0900. The number of rotatable bonds is 7. The highest BCUT2D eigenvalue weighted by molar-refractivity contribution is 7.89. The summed E-state index contributed by atoms with van der Waals surface area (Å²) in [6.45, 7) is 7.43. The second-order valence-electron chi connectivity index (χ2n) is 7.96. The summed E-state index contributed by atoms with van der Waals surface area (Å²) in [5, 5.41) is 2.54. The summed E-state index contributed by atoms with van der Waals surface area (Å²) in [6, 6.07) is 6.30. The number of likely N-dealkylation sites (tertiary alicyclic amines) is 1. The van der Waals surface area contributed by atoms with Gasteiger partial charge in [-0.15, -0.1) is 0 Å². The SMILES string of the molecule is CC(C)(C)NS(=O)(=O)c1ccc(C(=O)NCC(c2ccco2)N2CCCC2)o1. The predicted molar refractivity (Wildman–Crippen MR) is 103 cm³/mol. The van der Waals surface area contributed by atoms with Crippen molar-refractivity contribution in [1.82, 2.24) is 14.9 Å². The Hall–Kier alpha value is -2.10. The molecule has 9 heteroatoms. The summed E-state index contributed by atoms with van der Waals surface area (Å²) in [4.78, 5) is 14.8. The molecule has 3 rings (SSSR count). The van der Waals surface area contributed by atoms with E-state index in [1.54, 1.807) is 27.0 Å². The van der Waals surface area contributed by atoms with Gasteiger partial charge in [0.05, 0.1) is 12.3 Å². The average Bonchev–Trinajstić information content (AvgIpc) is 3.35. The minimum atomic E-state index is -3.83. The van der Waals surface area contributed by atoms with Crippen molar-refractivity contribution in [2.24, 2.45) is 0 Å². The zero-order chi connectivity index (χ0) is 20.4. The number of carbonyl (C=O) groups is 1. The maximum Gasteiger partial charge on any atom is 0.287 e. The Morgan fingerprint density at radius 1 is 1.21 bits per heavy atom. The van der Waals surface area contributed by atoms with Gasteiger partial charge in [-0.3, -0.25) is 9.69 Å². The minimum absolute atomic E-state index is 0.0473. The van der Waals surface area contributed by atoms with E-state index in [1.165, 1.54) is 12.1 Å². The third-order valence-corrected chi connectivity index (χ3v) is 6.05. The Morgan fingerprint density at radius 2 is 1.93 bits per heavy atom. The number of furan rings is 2. The van der Waals surface area contributed by atoms with E-state index in [2.05, 4.69) is 14.9 Å². The molecule has 154 valence electrons. The quantitative estimate of drug-likeness (QED) is 0.728. The van der Waals surface area contributed by atoms with Gasteiger partial charge in [0.1, 0.15) is 5.76 Å². The molecule has 0 saturated carbocycles. The van der Waals surface area contributed by atoms with Crippen molar-refractivity contribution >= 4 is 15.9 Å². The highest BCUT2D eigenvalue weighted by Crippen LogP contribution is 2.25. The molecule has 1 saturated heterocycles. The fourth-order valence-corrected chi connectivity index (χ4v) is 4.61. The molecular weight excluding hydrogens is 382 g/mol. The van der Waals surface area contributed by atoms with Crippen molar-refractivity contribution in [2.45, 2.75) is 50.3 Å². The molecule has 1 unspecified atom stereocenters. The highest BCUT2D eigenvalue weighted by Gasteiger charge is 2.28. The van der Waals surface area contributed by atoms with E-state index in [-0.39, 0.29) is 16.9 Å². The maximum absolute atomic E-state index is 12.5. The van der Waals surface area contributed by atoms with Gasteiger partial charge >= 0.3 is 0 Å². The third kappa shape index (κ3) is 5.03. The number of nitrogens with one attached hydrogen (secondary N) is 2. The standard InChI is InChI=1S/C19H27N3O5S/c1-19(2,3)21-28(24,25)17-9-8-16(27-17)18(23)20-13-14(15-7-6-12-26-15)22-10-4-5-11-22/h6-9,12,14,21H,4-5,10-11,13H2,1-3H3,(H,20,23). The number of sulfonamides is 1. The number of nitrogens with zero attached hydrogens (tertiary/aromatic N) is 1. The summed E-state index contributed by atoms with van der Waals surface area (Å²) in [6.07, 6.45) is 3.85. The molecule has 0 spiro atoms. The molecule has 0 aliphatic carbocycles. The molecular formula is C19H27N3O5S. The molecule has 1 amide bonds. The molecule has 0 radical (unpaired) electrons. The van der Waals surface area contributed by atoms with Crippen molar-refractivity contribution < 1.29 is 22.0 Å². The highest BCUT2D eigenvalue weighted by atomic mass is 32.2. The van der Waals surface area contributed by atoms with Crippen LogP contribution in [0.4, 0.5) is 0 Å². The number of amides is 1. The van der Waals surface area contributed by atoms with Gasteiger partial charge in [0.15, 0.2) is 5.76 Å². The molecule has 28 heavy (non-hydrogen) atoms. The van der Waals surface area contributed by atoms with Gasteiger partial charge in [0.25, 0.3) is 15.9 Å². The normalized spacial score (nSPS) is 17.0. The molecule has 2 aromatic rings. The first kappa shape index (κ1) is 20.6. The van der Waals surface area contributed by atoms with Crippen LogP contribution in [-0.4, -0.2) is 44.4 Å². The van der Waals surface area contributed by atoms with Crippen molar-refractivity contribution in [3.05, 3.63) is 42.0 Å². The minimum Gasteiger partial charge on any atom is -0.468 e. The van der Waals surface area contributed by atoms with Crippen LogP contribution in [0.5, 0.6) is 0 Å². The van der Waals surface area contributed by atoms with Crippen molar-refractivity contribution in [3.8, 4) is 0 Å². The lowest BCUT2D eigenvalue weighted by Gasteiger charge is -2.25. The van der Waals surface area contributed by atoms with Gasteiger partial charge in [-0.2, -0.15) is 0 Å². The van der Waals surface area contributed by atoms with Crippen LogP contribution in [0.1, 0.15) is 56.0 Å². The van der Waals surface area contributed by atoms with E-state index in [9.17, 15) is 13.2 Å². The molecule has 2 N–H and O–H groups in total.